The fraction of sp³-hybridized carbons (Fsp3) is 0.318. The number of piperazine rings is 1. The number of hydrogen-bond acceptors (Lipinski definition) is 3. The minimum atomic E-state index is 0.121. The van der Waals surface area contributed by atoms with Crippen LogP contribution in [0.5, 0.6) is 5.75 Å². The lowest BCUT2D eigenvalue weighted by atomic mass is 10.0. The van der Waals surface area contributed by atoms with E-state index < -0.39 is 0 Å². The van der Waals surface area contributed by atoms with Gasteiger partial charge in [0.25, 0.3) is 5.91 Å². The maximum absolute atomic E-state index is 12.6. The number of fused-ring (bicyclic) bond motifs is 1. The molecule has 0 saturated carbocycles. The number of aryl methyl sites for hydroxylation is 1. The standard InChI is InChI=1S/C22H25N3O2/c1-16-14-20(27-2)19(18-8-9-23-21(16)18)15-24-10-12-25(13-11-24)22(26)17-6-4-3-5-7-17/h3-9,14,23H,10-13,15H2,1-2H3. The van der Waals surface area contributed by atoms with Crippen molar-refractivity contribution < 1.29 is 9.53 Å². The second-order valence-corrected chi connectivity index (χ2v) is 7.07. The van der Waals surface area contributed by atoms with E-state index in [1.165, 1.54) is 22.0 Å². The number of hydrogen-bond donors (Lipinski definition) is 1. The summed E-state index contributed by atoms with van der Waals surface area (Å²) in [5.74, 6) is 1.05. The van der Waals surface area contributed by atoms with Gasteiger partial charge in [0.1, 0.15) is 5.75 Å². The quantitative estimate of drug-likeness (QED) is 0.772. The summed E-state index contributed by atoms with van der Waals surface area (Å²) in [6, 6.07) is 13.7. The van der Waals surface area contributed by atoms with Gasteiger partial charge in [-0.2, -0.15) is 0 Å². The van der Waals surface area contributed by atoms with Gasteiger partial charge in [0, 0.05) is 61.0 Å². The van der Waals surface area contributed by atoms with E-state index >= 15 is 0 Å². The zero-order valence-corrected chi connectivity index (χ0v) is 15.9. The van der Waals surface area contributed by atoms with Crippen molar-refractivity contribution in [2.75, 3.05) is 33.3 Å². The Kier molecular flexibility index (Phi) is 4.86. The van der Waals surface area contributed by atoms with Gasteiger partial charge in [0.05, 0.1) is 7.11 Å². The summed E-state index contributed by atoms with van der Waals surface area (Å²) in [7, 11) is 1.73. The third kappa shape index (κ3) is 3.43. The van der Waals surface area contributed by atoms with Crippen molar-refractivity contribution in [3.8, 4) is 5.75 Å². The van der Waals surface area contributed by atoms with Crippen LogP contribution >= 0.6 is 0 Å². The third-order valence-electron chi connectivity index (χ3n) is 5.39. The molecule has 0 aliphatic carbocycles. The smallest absolute Gasteiger partial charge is 0.253 e. The number of benzene rings is 2. The molecular weight excluding hydrogens is 338 g/mol. The molecule has 1 N–H and O–H groups in total. The Morgan fingerprint density at radius 2 is 1.85 bits per heavy atom. The van der Waals surface area contributed by atoms with E-state index in [0.717, 1.165) is 44.0 Å². The molecule has 1 fully saturated rings. The number of amides is 1. The molecule has 5 nitrogen and oxygen atoms in total. The number of ether oxygens (including phenoxy) is 1. The fourth-order valence-electron chi connectivity index (χ4n) is 3.88. The van der Waals surface area contributed by atoms with Gasteiger partial charge < -0.3 is 14.6 Å². The van der Waals surface area contributed by atoms with E-state index in [4.69, 9.17) is 4.74 Å². The molecule has 5 heteroatoms. The van der Waals surface area contributed by atoms with Crippen LogP contribution in [0.3, 0.4) is 0 Å². The molecule has 3 aromatic rings. The normalized spacial score (nSPS) is 15.3. The van der Waals surface area contributed by atoms with Crippen molar-refractivity contribution in [1.82, 2.24) is 14.8 Å². The molecule has 1 saturated heterocycles. The number of H-pyrrole nitrogens is 1. The molecule has 0 bridgehead atoms. The van der Waals surface area contributed by atoms with Gasteiger partial charge in [-0.3, -0.25) is 9.69 Å². The number of methoxy groups -OCH3 is 1. The SMILES string of the molecule is COc1cc(C)c2[nH]ccc2c1CN1CCN(C(=O)c2ccccc2)CC1. The first kappa shape index (κ1) is 17.6. The number of aromatic amines is 1. The van der Waals surface area contributed by atoms with Crippen molar-refractivity contribution in [1.29, 1.82) is 0 Å². The maximum Gasteiger partial charge on any atom is 0.253 e. The number of nitrogens with zero attached hydrogens (tertiary/aromatic N) is 2. The lowest BCUT2D eigenvalue weighted by molar-refractivity contribution is 0.0628. The van der Waals surface area contributed by atoms with Crippen molar-refractivity contribution in [2.24, 2.45) is 0 Å². The van der Waals surface area contributed by atoms with Crippen molar-refractivity contribution in [3.05, 3.63) is 65.4 Å². The highest BCUT2D eigenvalue weighted by molar-refractivity contribution is 5.94. The van der Waals surface area contributed by atoms with Crippen molar-refractivity contribution >= 4 is 16.8 Å². The highest BCUT2D eigenvalue weighted by atomic mass is 16.5. The zero-order chi connectivity index (χ0) is 18.8. The molecule has 2 aromatic carbocycles. The Bertz CT molecular complexity index is 941. The second kappa shape index (κ2) is 7.45. The van der Waals surface area contributed by atoms with Crippen LogP contribution < -0.4 is 4.74 Å². The number of nitrogens with one attached hydrogen (secondary N) is 1. The summed E-state index contributed by atoms with van der Waals surface area (Å²) in [6.07, 6.45) is 1.98. The minimum absolute atomic E-state index is 0.121. The molecule has 1 amide bonds. The topological polar surface area (TPSA) is 48.6 Å². The molecule has 27 heavy (non-hydrogen) atoms. The molecular formula is C22H25N3O2. The predicted molar refractivity (Wildman–Crippen MR) is 107 cm³/mol. The fourth-order valence-corrected chi connectivity index (χ4v) is 3.88. The molecule has 0 radical (unpaired) electrons. The van der Waals surface area contributed by atoms with Crippen LogP contribution in [0.25, 0.3) is 10.9 Å². The van der Waals surface area contributed by atoms with Crippen molar-refractivity contribution in [3.63, 3.8) is 0 Å². The summed E-state index contributed by atoms with van der Waals surface area (Å²) in [5.41, 5.74) is 4.33. The van der Waals surface area contributed by atoms with Gasteiger partial charge in [0.15, 0.2) is 0 Å². The highest BCUT2D eigenvalue weighted by Crippen LogP contribution is 2.31. The number of carbonyl (C=O) groups excluding carboxylic acids is 1. The summed E-state index contributed by atoms with van der Waals surface area (Å²) in [4.78, 5) is 20.3. The van der Waals surface area contributed by atoms with Crippen LogP contribution in [-0.2, 0) is 6.54 Å². The van der Waals surface area contributed by atoms with Crippen LogP contribution in [0.2, 0.25) is 0 Å². The van der Waals surface area contributed by atoms with E-state index in [9.17, 15) is 4.79 Å². The Morgan fingerprint density at radius 3 is 2.56 bits per heavy atom. The monoisotopic (exact) mass is 363 g/mol. The largest absolute Gasteiger partial charge is 0.496 e. The van der Waals surface area contributed by atoms with E-state index in [-0.39, 0.29) is 5.91 Å². The third-order valence-corrected chi connectivity index (χ3v) is 5.39. The Labute approximate surface area is 159 Å². The van der Waals surface area contributed by atoms with Gasteiger partial charge in [-0.25, -0.2) is 0 Å². The van der Waals surface area contributed by atoms with Crippen LogP contribution in [0.4, 0.5) is 0 Å². The van der Waals surface area contributed by atoms with Crippen LogP contribution in [0.1, 0.15) is 21.5 Å². The van der Waals surface area contributed by atoms with Crippen LogP contribution in [0, 0.1) is 6.92 Å². The van der Waals surface area contributed by atoms with Crippen molar-refractivity contribution in [2.45, 2.75) is 13.5 Å². The molecule has 140 valence electrons. The molecule has 0 atom stereocenters. The molecule has 0 spiro atoms. The first-order valence-electron chi connectivity index (χ1n) is 9.37. The van der Waals surface area contributed by atoms with Crippen LogP contribution in [0.15, 0.2) is 48.7 Å². The molecule has 1 aliphatic rings. The lowest BCUT2D eigenvalue weighted by Gasteiger charge is -2.35. The van der Waals surface area contributed by atoms with E-state index in [2.05, 4.69) is 28.9 Å². The summed E-state index contributed by atoms with van der Waals surface area (Å²) in [6.45, 7) is 6.14. The van der Waals surface area contributed by atoms with Crippen LogP contribution in [-0.4, -0.2) is 54.0 Å². The summed E-state index contributed by atoms with van der Waals surface area (Å²) < 4.78 is 5.66. The summed E-state index contributed by atoms with van der Waals surface area (Å²) >= 11 is 0. The molecule has 4 rings (SSSR count). The Morgan fingerprint density at radius 1 is 1.11 bits per heavy atom. The molecule has 0 unspecified atom stereocenters. The first-order chi connectivity index (χ1) is 13.2. The molecule has 2 heterocycles. The van der Waals surface area contributed by atoms with E-state index in [0.29, 0.717) is 0 Å². The highest BCUT2D eigenvalue weighted by Gasteiger charge is 2.23. The second-order valence-electron chi connectivity index (χ2n) is 7.07. The first-order valence-corrected chi connectivity index (χ1v) is 9.37. The predicted octanol–water partition coefficient (Wildman–Crippen LogP) is 3.44. The Hall–Kier alpha value is -2.79. The average molecular weight is 363 g/mol. The number of rotatable bonds is 4. The Balaban J connectivity index is 1.47. The average Bonchev–Trinajstić information content (AvgIpc) is 3.21. The van der Waals surface area contributed by atoms with Gasteiger partial charge in [0.2, 0.25) is 0 Å². The maximum atomic E-state index is 12.6. The minimum Gasteiger partial charge on any atom is -0.496 e. The van der Waals surface area contributed by atoms with Gasteiger partial charge in [-0.05, 0) is 36.8 Å². The lowest BCUT2D eigenvalue weighted by Crippen LogP contribution is -2.48. The van der Waals surface area contributed by atoms with Gasteiger partial charge in [-0.15, -0.1) is 0 Å². The van der Waals surface area contributed by atoms with E-state index in [1.54, 1.807) is 7.11 Å². The van der Waals surface area contributed by atoms with E-state index in [1.807, 2.05) is 41.4 Å². The number of carbonyl (C=O) groups is 1. The van der Waals surface area contributed by atoms with Gasteiger partial charge >= 0.3 is 0 Å². The number of aromatic nitrogens is 1. The summed E-state index contributed by atoms with van der Waals surface area (Å²) in [5, 5.41) is 1.22. The van der Waals surface area contributed by atoms with Gasteiger partial charge in [-0.1, -0.05) is 18.2 Å². The molecule has 1 aliphatic heterocycles. The zero-order valence-electron chi connectivity index (χ0n) is 15.9. The molecule has 1 aromatic heterocycles.